The van der Waals surface area contributed by atoms with Gasteiger partial charge in [0.25, 0.3) is 0 Å². The molecule has 0 bridgehead atoms. The Hall–Kier alpha value is -2.63. The third kappa shape index (κ3) is 68.0. The highest BCUT2D eigenvalue weighted by Gasteiger charge is 2.19. The van der Waals surface area contributed by atoms with Gasteiger partial charge in [0.05, 0.1) is 0 Å². The molecule has 0 aromatic rings. The van der Waals surface area contributed by atoms with E-state index in [0.717, 1.165) is 83.5 Å². The molecule has 0 saturated heterocycles. The van der Waals surface area contributed by atoms with Crippen LogP contribution in [0.25, 0.3) is 0 Å². The lowest BCUT2D eigenvalue weighted by Gasteiger charge is -2.18. The molecule has 0 saturated carbocycles. The van der Waals surface area contributed by atoms with E-state index in [-0.39, 0.29) is 31.1 Å². The largest absolute Gasteiger partial charge is 0.462 e. The summed E-state index contributed by atoms with van der Waals surface area (Å²) >= 11 is 0. The minimum absolute atomic E-state index is 0.0665. The molecule has 0 spiro atoms. The zero-order valence-electron chi connectivity index (χ0n) is 54.6. The van der Waals surface area contributed by atoms with Crippen molar-refractivity contribution >= 4 is 17.9 Å². The molecule has 0 rings (SSSR count). The molecule has 0 fully saturated rings. The van der Waals surface area contributed by atoms with E-state index in [9.17, 15) is 14.4 Å². The maximum atomic E-state index is 12.9. The summed E-state index contributed by atoms with van der Waals surface area (Å²) in [5.41, 5.74) is 0. The quantitative estimate of drug-likeness (QED) is 0.0261. The van der Waals surface area contributed by atoms with Gasteiger partial charge in [-0.05, 0) is 57.8 Å². The Labute approximate surface area is 505 Å². The number of rotatable bonds is 67. The molecule has 0 N–H and O–H groups in total. The average Bonchev–Trinajstić information content (AvgIpc) is 3.47. The molecule has 1 atom stereocenters. The van der Waals surface area contributed by atoms with Gasteiger partial charge in [0, 0.05) is 19.3 Å². The number of hydrogen-bond acceptors (Lipinski definition) is 6. The minimum Gasteiger partial charge on any atom is -0.462 e. The van der Waals surface area contributed by atoms with E-state index in [1.165, 1.54) is 270 Å². The molecule has 0 heterocycles. The Balaban J connectivity index is 4.04. The fourth-order valence-corrected chi connectivity index (χ4v) is 11.0. The van der Waals surface area contributed by atoms with Crippen LogP contribution in [0.1, 0.15) is 393 Å². The van der Waals surface area contributed by atoms with E-state index in [0.29, 0.717) is 19.3 Å². The van der Waals surface area contributed by atoms with Crippen LogP contribution in [-0.2, 0) is 28.6 Å². The first-order valence-electron chi connectivity index (χ1n) is 36.1. The van der Waals surface area contributed by atoms with E-state index in [1.54, 1.807) is 0 Å². The fourth-order valence-electron chi connectivity index (χ4n) is 11.0. The molecule has 0 aliphatic rings. The molecular formula is C75H138O6. The van der Waals surface area contributed by atoms with Crippen LogP contribution in [-0.4, -0.2) is 37.2 Å². The normalized spacial score (nSPS) is 12.3. The summed E-state index contributed by atoms with van der Waals surface area (Å²) in [5.74, 6) is -0.843. The van der Waals surface area contributed by atoms with Crippen LogP contribution < -0.4 is 0 Å². The van der Waals surface area contributed by atoms with Crippen LogP contribution in [0.2, 0.25) is 0 Å². The van der Waals surface area contributed by atoms with E-state index >= 15 is 0 Å². The van der Waals surface area contributed by atoms with E-state index in [4.69, 9.17) is 14.2 Å². The van der Waals surface area contributed by atoms with Crippen molar-refractivity contribution in [2.45, 2.75) is 399 Å². The maximum Gasteiger partial charge on any atom is 0.306 e. The molecule has 81 heavy (non-hydrogen) atoms. The standard InChI is InChI=1S/C75H138O6/c1-4-7-10-13-16-19-21-23-25-27-29-31-33-35-37-38-39-41-42-44-46-48-50-52-54-56-59-62-65-68-74(77)80-71-72(70-79-73(76)67-64-61-58-18-15-12-9-6-3)81-75(78)69-66-63-60-57-55-53-51-49-47-45-43-40-36-34-32-30-28-26-24-22-20-17-14-11-8-5-2/h7,10,16,19,23,25,29,31,72H,4-6,8-9,11-15,17-18,20-22,24,26-28,30,32-71H2,1-3H3/b10-7-,19-16-,25-23-,31-29-. The second kappa shape index (κ2) is 69.9. The Morgan fingerprint density at radius 3 is 0.753 bits per heavy atom. The van der Waals surface area contributed by atoms with E-state index < -0.39 is 6.10 Å². The Kier molecular flexibility index (Phi) is 67.6. The van der Waals surface area contributed by atoms with Gasteiger partial charge < -0.3 is 14.2 Å². The lowest BCUT2D eigenvalue weighted by molar-refractivity contribution is -0.167. The van der Waals surface area contributed by atoms with Crippen molar-refractivity contribution in [1.82, 2.24) is 0 Å². The van der Waals surface area contributed by atoms with Gasteiger partial charge in [0.1, 0.15) is 13.2 Å². The van der Waals surface area contributed by atoms with Crippen LogP contribution in [0.5, 0.6) is 0 Å². The molecule has 0 aliphatic heterocycles. The summed E-state index contributed by atoms with van der Waals surface area (Å²) in [4.78, 5) is 38.3. The van der Waals surface area contributed by atoms with Crippen molar-refractivity contribution < 1.29 is 28.6 Å². The van der Waals surface area contributed by atoms with Crippen molar-refractivity contribution in [3.05, 3.63) is 48.6 Å². The zero-order valence-corrected chi connectivity index (χ0v) is 54.6. The Bertz CT molecular complexity index is 1400. The SMILES string of the molecule is CC/C=C\C/C=C\C/C=C\C/C=C\CCCCCCCCCCCCCCCCCCC(=O)OCC(COC(=O)CCCCCCCCCC)OC(=O)CCCCCCCCCCCCCCCCCCCCCCCCCCCC. The fraction of sp³-hybridized carbons (Fsp3) is 0.853. The second-order valence-electron chi connectivity index (χ2n) is 24.5. The molecule has 0 aromatic heterocycles. The van der Waals surface area contributed by atoms with Gasteiger partial charge in [0.15, 0.2) is 6.10 Å². The van der Waals surface area contributed by atoms with Crippen LogP contribution in [0.3, 0.4) is 0 Å². The molecule has 0 amide bonds. The molecule has 6 heteroatoms. The number of unbranched alkanes of at least 4 members (excludes halogenated alkanes) is 48. The van der Waals surface area contributed by atoms with Crippen molar-refractivity contribution in [2.75, 3.05) is 13.2 Å². The summed E-state index contributed by atoms with van der Waals surface area (Å²) in [6.07, 6.45) is 88.9. The first-order chi connectivity index (χ1) is 40.0. The lowest BCUT2D eigenvalue weighted by atomic mass is 10.0. The summed E-state index contributed by atoms with van der Waals surface area (Å²) in [7, 11) is 0. The average molecular weight is 1140 g/mol. The Morgan fingerprint density at radius 2 is 0.481 bits per heavy atom. The molecule has 1 unspecified atom stereocenters. The third-order valence-electron chi connectivity index (χ3n) is 16.3. The van der Waals surface area contributed by atoms with E-state index in [2.05, 4.69) is 69.4 Å². The highest BCUT2D eigenvalue weighted by Crippen LogP contribution is 2.19. The molecule has 0 radical (unpaired) electrons. The first-order valence-corrected chi connectivity index (χ1v) is 36.1. The summed E-state index contributed by atoms with van der Waals surface area (Å²) < 4.78 is 16.9. The van der Waals surface area contributed by atoms with Crippen molar-refractivity contribution in [2.24, 2.45) is 0 Å². The smallest absolute Gasteiger partial charge is 0.306 e. The van der Waals surface area contributed by atoms with Gasteiger partial charge in [-0.25, -0.2) is 0 Å². The second-order valence-corrected chi connectivity index (χ2v) is 24.5. The predicted octanol–water partition coefficient (Wildman–Crippen LogP) is 24.9. The molecular weight excluding hydrogens is 997 g/mol. The molecule has 474 valence electrons. The number of allylic oxidation sites excluding steroid dienone is 8. The first kappa shape index (κ1) is 78.4. The highest BCUT2D eigenvalue weighted by molar-refractivity contribution is 5.71. The van der Waals surface area contributed by atoms with Crippen LogP contribution >= 0.6 is 0 Å². The number of hydrogen-bond donors (Lipinski definition) is 0. The lowest BCUT2D eigenvalue weighted by Crippen LogP contribution is -2.30. The Morgan fingerprint density at radius 1 is 0.259 bits per heavy atom. The molecule has 6 nitrogen and oxygen atoms in total. The number of carbonyl (C=O) groups excluding carboxylic acids is 3. The molecule has 0 aliphatic carbocycles. The summed E-state index contributed by atoms with van der Waals surface area (Å²) in [6.45, 7) is 6.57. The van der Waals surface area contributed by atoms with E-state index in [1.807, 2.05) is 0 Å². The summed E-state index contributed by atoms with van der Waals surface area (Å²) in [6, 6.07) is 0. The van der Waals surface area contributed by atoms with Gasteiger partial charge in [-0.1, -0.05) is 365 Å². The van der Waals surface area contributed by atoms with Gasteiger partial charge >= 0.3 is 17.9 Å². The molecule has 0 aromatic carbocycles. The predicted molar refractivity (Wildman–Crippen MR) is 353 cm³/mol. The van der Waals surface area contributed by atoms with Crippen LogP contribution in [0.4, 0.5) is 0 Å². The van der Waals surface area contributed by atoms with Gasteiger partial charge in [0.2, 0.25) is 0 Å². The minimum atomic E-state index is -0.768. The maximum absolute atomic E-state index is 12.9. The van der Waals surface area contributed by atoms with Crippen molar-refractivity contribution in [3.63, 3.8) is 0 Å². The monoisotopic (exact) mass is 1140 g/mol. The van der Waals surface area contributed by atoms with Gasteiger partial charge in [-0.15, -0.1) is 0 Å². The highest BCUT2D eigenvalue weighted by atomic mass is 16.6. The van der Waals surface area contributed by atoms with Crippen LogP contribution in [0.15, 0.2) is 48.6 Å². The summed E-state index contributed by atoms with van der Waals surface area (Å²) in [5, 5.41) is 0. The van der Waals surface area contributed by atoms with Crippen LogP contribution in [0, 0.1) is 0 Å². The number of esters is 3. The third-order valence-corrected chi connectivity index (χ3v) is 16.3. The van der Waals surface area contributed by atoms with Gasteiger partial charge in [-0.3, -0.25) is 14.4 Å². The number of carbonyl (C=O) groups is 3. The van der Waals surface area contributed by atoms with Crippen molar-refractivity contribution in [3.8, 4) is 0 Å². The number of ether oxygens (including phenoxy) is 3. The topological polar surface area (TPSA) is 78.9 Å². The van der Waals surface area contributed by atoms with Crippen molar-refractivity contribution in [1.29, 1.82) is 0 Å². The van der Waals surface area contributed by atoms with Gasteiger partial charge in [-0.2, -0.15) is 0 Å². The zero-order chi connectivity index (χ0) is 58.5.